The molecule has 0 aliphatic rings. The largest absolute Gasteiger partial charge is 0.288 e. The average molecular weight is 241 g/mol. The predicted molar refractivity (Wildman–Crippen MR) is 68.4 cm³/mol. The minimum atomic E-state index is 0.146. The third kappa shape index (κ3) is 4.54. The quantitative estimate of drug-likeness (QED) is 0.796. The highest BCUT2D eigenvalue weighted by Gasteiger charge is 1.95. The number of hydrogen-bond acceptors (Lipinski definition) is 2. The number of halogens is 1. The molecule has 1 nitrogen and oxygen atoms in total. The van der Waals surface area contributed by atoms with Gasteiger partial charge < -0.3 is 0 Å². The predicted octanol–water partition coefficient (Wildman–Crippen LogP) is 3.94. The summed E-state index contributed by atoms with van der Waals surface area (Å²) in [6.45, 7) is 3.59. The summed E-state index contributed by atoms with van der Waals surface area (Å²) >= 11 is 7.15. The Morgan fingerprint density at radius 3 is 2.87 bits per heavy atom. The second-order valence-electron chi connectivity index (χ2n) is 3.21. The highest BCUT2D eigenvalue weighted by molar-refractivity contribution is 8.13. The molecule has 15 heavy (non-hydrogen) atoms. The number of carbonyl (C=O) groups is 1. The van der Waals surface area contributed by atoms with Gasteiger partial charge in [0.15, 0.2) is 5.12 Å². The van der Waals surface area contributed by atoms with Gasteiger partial charge in [0, 0.05) is 17.7 Å². The lowest BCUT2D eigenvalue weighted by Gasteiger charge is -2.00. The van der Waals surface area contributed by atoms with E-state index >= 15 is 0 Å². The van der Waals surface area contributed by atoms with Crippen molar-refractivity contribution in [1.82, 2.24) is 0 Å². The Morgan fingerprint density at radius 2 is 2.27 bits per heavy atom. The van der Waals surface area contributed by atoms with Crippen LogP contribution in [0, 0.1) is 6.92 Å². The first-order chi connectivity index (χ1) is 7.09. The maximum atomic E-state index is 10.7. The second-order valence-corrected chi connectivity index (χ2v) is 4.84. The molecule has 0 heterocycles. The first-order valence-corrected chi connectivity index (χ1v) is 6.02. The highest BCUT2D eigenvalue weighted by Crippen LogP contribution is 2.16. The fourth-order valence-electron chi connectivity index (χ4n) is 1.17. The Kier molecular flexibility index (Phi) is 4.92. The molecular formula is C12H13ClOS. The lowest BCUT2D eigenvalue weighted by Crippen LogP contribution is -1.83. The molecule has 0 bridgehead atoms. The summed E-state index contributed by atoms with van der Waals surface area (Å²) in [7, 11) is 0. The van der Waals surface area contributed by atoms with Crippen LogP contribution in [0.15, 0.2) is 24.3 Å². The summed E-state index contributed by atoms with van der Waals surface area (Å²) in [5.74, 6) is 0.720. The Balaban J connectivity index is 2.60. The third-order valence-electron chi connectivity index (χ3n) is 1.91. The summed E-state index contributed by atoms with van der Waals surface area (Å²) in [5.41, 5.74) is 2.29. The minimum Gasteiger partial charge on any atom is -0.288 e. The molecule has 1 rings (SSSR count). The first-order valence-electron chi connectivity index (χ1n) is 4.65. The Morgan fingerprint density at radius 1 is 1.53 bits per heavy atom. The molecule has 0 spiro atoms. The van der Waals surface area contributed by atoms with Crippen molar-refractivity contribution in [3.63, 3.8) is 0 Å². The molecule has 0 unspecified atom stereocenters. The molecule has 0 amide bonds. The van der Waals surface area contributed by atoms with Crippen molar-refractivity contribution in [2.75, 3.05) is 5.75 Å². The number of hydrogen-bond donors (Lipinski definition) is 0. The van der Waals surface area contributed by atoms with Crippen LogP contribution in [0.3, 0.4) is 0 Å². The van der Waals surface area contributed by atoms with Gasteiger partial charge in [-0.15, -0.1) is 0 Å². The molecule has 0 saturated carbocycles. The molecule has 0 aliphatic heterocycles. The maximum absolute atomic E-state index is 10.7. The lowest BCUT2D eigenvalue weighted by molar-refractivity contribution is -0.109. The van der Waals surface area contributed by atoms with E-state index < -0.39 is 0 Å². The Labute approximate surface area is 99.5 Å². The van der Waals surface area contributed by atoms with E-state index in [1.54, 1.807) is 6.92 Å². The monoisotopic (exact) mass is 240 g/mol. The van der Waals surface area contributed by atoms with Crippen molar-refractivity contribution in [3.8, 4) is 0 Å². The molecule has 3 heteroatoms. The topological polar surface area (TPSA) is 17.1 Å². The minimum absolute atomic E-state index is 0.146. The van der Waals surface area contributed by atoms with E-state index in [2.05, 4.69) is 0 Å². The third-order valence-corrected chi connectivity index (χ3v) is 2.91. The van der Waals surface area contributed by atoms with Crippen LogP contribution in [0.2, 0.25) is 5.02 Å². The van der Waals surface area contributed by atoms with Gasteiger partial charge in [0.2, 0.25) is 0 Å². The number of thioether (sulfide) groups is 1. The molecule has 0 saturated heterocycles. The zero-order valence-corrected chi connectivity index (χ0v) is 10.4. The van der Waals surface area contributed by atoms with E-state index in [4.69, 9.17) is 11.6 Å². The van der Waals surface area contributed by atoms with Gasteiger partial charge in [-0.1, -0.05) is 41.6 Å². The molecule has 80 valence electrons. The molecule has 0 fully saturated rings. The van der Waals surface area contributed by atoms with Gasteiger partial charge in [-0.3, -0.25) is 4.79 Å². The SMILES string of the molecule is CC(=O)SCC=Cc1ccc(Cl)cc1C. The Bertz CT molecular complexity index is 385. The second kappa shape index (κ2) is 5.99. The fourth-order valence-corrected chi connectivity index (χ4v) is 1.82. The smallest absolute Gasteiger partial charge is 0.186 e. The van der Waals surface area contributed by atoms with Gasteiger partial charge in [0.1, 0.15) is 0 Å². The number of rotatable bonds is 3. The van der Waals surface area contributed by atoms with Gasteiger partial charge in [-0.2, -0.15) is 0 Å². The molecule has 0 atom stereocenters. The van der Waals surface area contributed by atoms with Crippen LogP contribution in [0.25, 0.3) is 6.08 Å². The summed E-state index contributed by atoms with van der Waals surface area (Å²) in [6, 6.07) is 5.78. The first kappa shape index (κ1) is 12.3. The summed E-state index contributed by atoms with van der Waals surface area (Å²) < 4.78 is 0. The van der Waals surface area contributed by atoms with Crippen LogP contribution in [0.5, 0.6) is 0 Å². The number of aryl methyl sites for hydroxylation is 1. The van der Waals surface area contributed by atoms with Crippen LogP contribution in [0.1, 0.15) is 18.1 Å². The van der Waals surface area contributed by atoms with E-state index in [0.717, 1.165) is 21.9 Å². The molecule has 1 aromatic rings. The van der Waals surface area contributed by atoms with Crippen LogP contribution < -0.4 is 0 Å². The highest BCUT2D eigenvalue weighted by atomic mass is 35.5. The Hall–Kier alpha value is -0.730. The average Bonchev–Trinajstić information content (AvgIpc) is 2.14. The van der Waals surface area contributed by atoms with Crippen LogP contribution in [-0.2, 0) is 4.79 Å². The molecule has 0 aromatic heterocycles. The van der Waals surface area contributed by atoms with Crippen LogP contribution in [0.4, 0.5) is 0 Å². The molecule has 0 radical (unpaired) electrons. The summed E-state index contributed by atoms with van der Waals surface area (Å²) in [6.07, 6.45) is 4.00. The van der Waals surface area contributed by atoms with Crippen molar-refractivity contribution in [2.24, 2.45) is 0 Å². The van der Waals surface area contributed by atoms with Gasteiger partial charge >= 0.3 is 0 Å². The van der Waals surface area contributed by atoms with Gasteiger partial charge in [-0.05, 0) is 30.2 Å². The number of carbonyl (C=O) groups excluding carboxylic acids is 1. The standard InChI is InChI=1S/C12H13ClOS/c1-9-8-12(13)6-5-11(9)4-3-7-15-10(2)14/h3-6,8H,7H2,1-2H3. The van der Waals surface area contributed by atoms with Gasteiger partial charge in [0.05, 0.1) is 0 Å². The summed E-state index contributed by atoms with van der Waals surface area (Å²) in [4.78, 5) is 10.7. The molecule has 1 aromatic carbocycles. The normalized spacial score (nSPS) is 10.9. The lowest BCUT2D eigenvalue weighted by atomic mass is 10.1. The van der Waals surface area contributed by atoms with E-state index in [9.17, 15) is 4.79 Å². The summed E-state index contributed by atoms with van der Waals surface area (Å²) in [5, 5.41) is 0.898. The van der Waals surface area contributed by atoms with Crippen molar-refractivity contribution in [2.45, 2.75) is 13.8 Å². The fraction of sp³-hybridized carbons (Fsp3) is 0.250. The van der Waals surface area contributed by atoms with Gasteiger partial charge in [-0.25, -0.2) is 0 Å². The van der Waals surface area contributed by atoms with Crippen molar-refractivity contribution < 1.29 is 4.79 Å². The van der Waals surface area contributed by atoms with Crippen molar-refractivity contribution in [3.05, 3.63) is 40.4 Å². The van der Waals surface area contributed by atoms with E-state index in [-0.39, 0.29) is 5.12 Å². The van der Waals surface area contributed by atoms with Crippen LogP contribution in [-0.4, -0.2) is 10.9 Å². The van der Waals surface area contributed by atoms with Crippen molar-refractivity contribution >= 4 is 34.6 Å². The van der Waals surface area contributed by atoms with E-state index in [0.29, 0.717) is 0 Å². The van der Waals surface area contributed by atoms with E-state index in [1.807, 2.05) is 37.3 Å². The number of benzene rings is 1. The maximum Gasteiger partial charge on any atom is 0.186 e. The molecule has 0 N–H and O–H groups in total. The molecular weight excluding hydrogens is 228 g/mol. The van der Waals surface area contributed by atoms with Crippen LogP contribution >= 0.6 is 23.4 Å². The van der Waals surface area contributed by atoms with E-state index in [1.165, 1.54) is 11.8 Å². The van der Waals surface area contributed by atoms with Gasteiger partial charge in [0.25, 0.3) is 0 Å². The van der Waals surface area contributed by atoms with Crippen molar-refractivity contribution in [1.29, 1.82) is 0 Å². The zero-order chi connectivity index (χ0) is 11.3. The zero-order valence-electron chi connectivity index (χ0n) is 8.79. The molecule has 0 aliphatic carbocycles.